The molecule has 0 bridgehead atoms. The van der Waals surface area contributed by atoms with Gasteiger partial charge in [-0.25, -0.2) is 0 Å². The molecular formula is C10H22N2. The molecule has 2 heteroatoms. The molecule has 2 nitrogen and oxygen atoms in total. The second kappa shape index (κ2) is 4.83. The van der Waals surface area contributed by atoms with Crippen LogP contribution in [-0.2, 0) is 0 Å². The van der Waals surface area contributed by atoms with Crippen LogP contribution in [0.2, 0.25) is 0 Å². The standard InChI is InChI=1S/C10H22N2/c1-4-12(9(2)3)8-10-5-6-11-7-10/h9-11H,4-8H2,1-3H3. The Morgan fingerprint density at radius 2 is 2.25 bits per heavy atom. The Labute approximate surface area is 76.3 Å². The van der Waals surface area contributed by atoms with E-state index >= 15 is 0 Å². The monoisotopic (exact) mass is 170 g/mol. The van der Waals surface area contributed by atoms with Gasteiger partial charge in [-0.2, -0.15) is 0 Å². The fourth-order valence-electron chi connectivity index (χ4n) is 1.91. The molecule has 0 aliphatic carbocycles. The van der Waals surface area contributed by atoms with E-state index in [1.54, 1.807) is 0 Å². The maximum absolute atomic E-state index is 3.41. The topological polar surface area (TPSA) is 15.3 Å². The molecule has 1 N–H and O–H groups in total. The highest BCUT2D eigenvalue weighted by atomic mass is 15.1. The van der Waals surface area contributed by atoms with E-state index < -0.39 is 0 Å². The van der Waals surface area contributed by atoms with Crippen molar-refractivity contribution >= 4 is 0 Å². The van der Waals surface area contributed by atoms with Gasteiger partial charge in [0.1, 0.15) is 0 Å². The Bertz CT molecular complexity index is 117. The molecule has 1 unspecified atom stereocenters. The third-order valence-electron chi connectivity index (χ3n) is 2.79. The molecule has 0 amide bonds. The molecule has 1 fully saturated rings. The molecular weight excluding hydrogens is 148 g/mol. The zero-order chi connectivity index (χ0) is 8.97. The van der Waals surface area contributed by atoms with Gasteiger partial charge in [-0.3, -0.25) is 0 Å². The highest BCUT2D eigenvalue weighted by Crippen LogP contribution is 2.11. The van der Waals surface area contributed by atoms with E-state index in [9.17, 15) is 0 Å². The van der Waals surface area contributed by atoms with Crippen LogP contribution in [0.1, 0.15) is 27.2 Å². The van der Waals surface area contributed by atoms with Crippen molar-refractivity contribution in [2.75, 3.05) is 26.2 Å². The van der Waals surface area contributed by atoms with Crippen molar-refractivity contribution in [3.63, 3.8) is 0 Å². The predicted octanol–water partition coefficient (Wildman–Crippen LogP) is 1.33. The third kappa shape index (κ3) is 2.76. The van der Waals surface area contributed by atoms with Crippen molar-refractivity contribution in [3.8, 4) is 0 Å². The zero-order valence-electron chi connectivity index (χ0n) is 8.64. The summed E-state index contributed by atoms with van der Waals surface area (Å²) in [6.07, 6.45) is 1.36. The minimum atomic E-state index is 0.704. The summed E-state index contributed by atoms with van der Waals surface area (Å²) in [5.41, 5.74) is 0. The first-order chi connectivity index (χ1) is 5.74. The first kappa shape index (κ1) is 10.0. The summed E-state index contributed by atoms with van der Waals surface area (Å²) in [4.78, 5) is 2.55. The van der Waals surface area contributed by atoms with Crippen molar-refractivity contribution in [3.05, 3.63) is 0 Å². The zero-order valence-corrected chi connectivity index (χ0v) is 8.64. The smallest absolute Gasteiger partial charge is 0.00385 e. The van der Waals surface area contributed by atoms with Crippen molar-refractivity contribution in [1.29, 1.82) is 0 Å². The Balaban J connectivity index is 2.26. The number of nitrogens with one attached hydrogen (secondary N) is 1. The van der Waals surface area contributed by atoms with Gasteiger partial charge in [-0.05, 0) is 45.8 Å². The summed E-state index contributed by atoms with van der Waals surface area (Å²) in [7, 11) is 0. The molecule has 12 heavy (non-hydrogen) atoms. The van der Waals surface area contributed by atoms with Gasteiger partial charge in [-0.1, -0.05) is 6.92 Å². The molecule has 1 atom stereocenters. The summed E-state index contributed by atoms with van der Waals surface area (Å²) in [6, 6.07) is 0.704. The van der Waals surface area contributed by atoms with E-state index in [1.807, 2.05) is 0 Å². The molecule has 0 spiro atoms. The summed E-state index contributed by atoms with van der Waals surface area (Å²) >= 11 is 0. The molecule has 1 heterocycles. The van der Waals surface area contributed by atoms with E-state index in [1.165, 1.54) is 32.6 Å². The van der Waals surface area contributed by atoms with Gasteiger partial charge >= 0.3 is 0 Å². The summed E-state index contributed by atoms with van der Waals surface area (Å²) in [5, 5.41) is 3.41. The minimum absolute atomic E-state index is 0.704. The lowest BCUT2D eigenvalue weighted by Gasteiger charge is -2.27. The van der Waals surface area contributed by atoms with Crippen LogP contribution in [0.15, 0.2) is 0 Å². The quantitative estimate of drug-likeness (QED) is 0.684. The highest BCUT2D eigenvalue weighted by Gasteiger charge is 2.18. The molecule has 72 valence electrons. The highest BCUT2D eigenvalue weighted by molar-refractivity contribution is 4.75. The Morgan fingerprint density at radius 3 is 2.67 bits per heavy atom. The molecule has 1 rings (SSSR count). The second-order valence-electron chi connectivity index (χ2n) is 4.04. The van der Waals surface area contributed by atoms with Gasteiger partial charge in [-0.15, -0.1) is 0 Å². The van der Waals surface area contributed by atoms with Crippen LogP contribution in [0.25, 0.3) is 0 Å². The Kier molecular flexibility index (Phi) is 4.02. The lowest BCUT2D eigenvalue weighted by molar-refractivity contribution is 0.202. The molecule has 1 aliphatic rings. The third-order valence-corrected chi connectivity index (χ3v) is 2.79. The van der Waals surface area contributed by atoms with E-state index in [4.69, 9.17) is 0 Å². The minimum Gasteiger partial charge on any atom is -0.316 e. The maximum atomic E-state index is 3.41. The lowest BCUT2D eigenvalue weighted by atomic mass is 10.1. The number of hydrogen-bond donors (Lipinski definition) is 1. The molecule has 1 aliphatic heterocycles. The number of rotatable bonds is 4. The molecule has 0 aromatic heterocycles. The Morgan fingerprint density at radius 1 is 1.50 bits per heavy atom. The van der Waals surface area contributed by atoms with Crippen molar-refractivity contribution in [2.45, 2.75) is 33.2 Å². The summed E-state index contributed by atoms with van der Waals surface area (Å²) in [5.74, 6) is 0.896. The van der Waals surface area contributed by atoms with Crippen molar-refractivity contribution in [2.24, 2.45) is 5.92 Å². The SMILES string of the molecule is CCN(CC1CCNC1)C(C)C. The van der Waals surface area contributed by atoms with Crippen LogP contribution in [0, 0.1) is 5.92 Å². The van der Waals surface area contributed by atoms with E-state index in [-0.39, 0.29) is 0 Å². The number of hydrogen-bond acceptors (Lipinski definition) is 2. The van der Waals surface area contributed by atoms with E-state index in [2.05, 4.69) is 31.0 Å². The van der Waals surface area contributed by atoms with Crippen LogP contribution >= 0.6 is 0 Å². The fraction of sp³-hybridized carbons (Fsp3) is 1.00. The molecule has 0 radical (unpaired) electrons. The fourth-order valence-corrected chi connectivity index (χ4v) is 1.91. The average Bonchev–Trinajstić information content (AvgIpc) is 2.51. The van der Waals surface area contributed by atoms with Crippen molar-refractivity contribution in [1.82, 2.24) is 10.2 Å². The first-order valence-electron chi connectivity index (χ1n) is 5.18. The van der Waals surface area contributed by atoms with Gasteiger partial charge in [0, 0.05) is 12.6 Å². The van der Waals surface area contributed by atoms with Crippen LogP contribution in [0.4, 0.5) is 0 Å². The Hall–Kier alpha value is -0.0800. The maximum Gasteiger partial charge on any atom is 0.00385 e. The van der Waals surface area contributed by atoms with Gasteiger partial charge in [0.25, 0.3) is 0 Å². The van der Waals surface area contributed by atoms with Crippen LogP contribution in [0.5, 0.6) is 0 Å². The van der Waals surface area contributed by atoms with Gasteiger partial charge in [0.05, 0.1) is 0 Å². The first-order valence-corrected chi connectivity index (χ1v) is 5.18. The van der Waals surface area contributed by atoms with Crippen LogP contribution < -0.4 is 5.32 Å². The van der Waals surface area contributed by atoms with Crippen LogP contribution in [-0.4, -0.2) is 37.1 Å². The average molecular weight is 170 g/mol. The number of nitrogens with zero attached hydrogens (tertiary/aromatic N) is 1. The van der Waals surface area contributed by atoms with E-state index in [0.717, 1.165) is 5.92 Å². The largest absolute Gasteiger partial charge is 0.316 e. The van der Waals surface area contributed by atoms with Crippen molar-refractivity contribution < 1.29 is 0 Å². The molecule has 0 saturated carbocycles. The normalized spacial score (nSPS) is 24.2. The van der Waals surface area contributed by atoms with Crippen LogP contribution in [0.3, 0.4) is 0 Å². The summed E-state index contributed by atoms with van der Waals surface area (Å²) < 4.78 is 0. The van der Waals surface area contributed by atoms with Gasteiger partial charge in [0.2, 0.25) is 0 Å². The van der Waals surface area contributed by atoms with E-state index in [0.29, 0.717) is 6.04 Å². The molecule has 1 saturated heterocycles. The predicted molar refractivity (Wildman–Crippen MR) is 53.4 cm³/mol. The molecule has 0 aromatic carbocycles. The summed E-state index contributed by atoms with van der Waals surface area (Å²) in [6.45, 7) is 11.7. The van der Waals surface area contributed by atoms with Gasteiger partial charge in [0.15, 0.2) is 0 Å². The lowest BCUT2D eigenvalue weighted by Crippen LogP contribution is -2.35. The van der Waals surface area contributed by atoms with Gasteiger partial charge < -0.3 is 10.2 Å². The second-order valence-corrected chi connectivity index (χ2v) is 4.04. The molecule has 0 aromatic rings.